The quantitative estimate of drug-likeness (QED) is 0.359. The number of quaternary nitrogens is 1. The van der Waals surface area contributed by atoms with E-state index >= 15 is 0 Å². The van der Waals surface area contributed by atoms with Gasteiger partial charge >= 0.3 is 0 Å². The molecule has 0 spiro atoms. The van der Waals surface area contributed by atoms with Crippen LogP contribution in [0, 0.1) is 0 Å². The summed E-state index contributed by atoms with van der Waals surface area (Å²) < 4.78 is 0.619. The summed E-state index contributed by atoms with van der Waals surface area (Å²) in [6.07, 6.45) is -2.03. The largest absolute Gasteiger partial charge is 0.387 e. The van der Waals surface area contributed by atoms with Crippen molar-refractivity contribution in [2.24, 2.45) is 0 Å². The molecule has 0 heterocycles. The van der Waals surface area contributed by atoms with Gasteiger partial charge in [0.2, 0.25) is 0 Å². The third-order valence-corrected chi connectivity index (χ3v) is 1.24. The molecule has 0 fully saturated rings. The Hall–Kier alpha value is -0.160. The first-order valence-electron chi connectivity index (χ1n) is 3.66. The Balaban J connectivity index is 3.61. The summed E-state index contributed by atoms with van der Waals surface area (Å²) in [6, 6.07) is 0. The molecule has 3 N–H and O–H groups in total. The lowest BCUT2D eigenvalue weighted by Gasteiger charge is -2.26. The van der Waals surface area contributed by atoms with Gasteiger partial charge in [-0.3, -0.25) is 0 Å². The molecule has 0 aromatic heterocycles. The van der Waals surface area contributed by atoms with Crippen LogP contribution in [0.4, 0.5) is 0 Å². The number of rotatable bonds is 4. The molecule has 0 aromatic rings. The van der Waals surface area contributed by atoms with Crippen LogP contribution in [-0.2, 0) is 0 Å². The highest BCUT2D eigenvalue weighted by molar-refractivity contribution is 4.53. The van der Waals surface area contributed by atoms with Gasteiger partial charge in [0.15, 0.2) is 6.29 Å². The molecule has 68 valence electrons. The van der Waals surface area contributed by atoms with Crippen molar-refractivity contribution in [1.29, 1.82) is 0 Å². The fourth-order valence-corrected chi connectivity index (χ4v) is 0.950. The van der Waals surface area contributed by atoms with Crippen molar-refractivity contribution in [3.63, 3.8) is 0 Å². The van der Waals surface area contributed by atoms with Gasteiger partial charge in [-0.1, -0.05) is 0 Å². The Morgan fingerprint density at radius 2 is 1.55 bits per heavy atom. The van der Waals surface area contributed by atoms with Gasteiger partial charge < -0.3 is 19.8 Å². The van der Waals surface area contributed by atoms with E-state index in [2.05, 4.69) is 0 Å². The number of nitrogens with zero attached hydrogens (tertiary/aromatic N) is 1. The van der Waals surface area contributed by atoms with E-state index in [4.69, 9.17) is 10.2 Å². The summed E-state index contributed by atoms with van der Waals surface area (Å²) in [5.41, 5.74) is 0. The summed E-state index contributed by atoms with van der Waals surface area (Å²) in [5.74, 6) is 0. The van der Waals surface area contributed by atoms with Gasteiger partial charge in [-0.15, -0.1) is 0 Å². The highest BCUT2D eigenvalue weighted by Crippen LogP contribution is 2.00. The van der Waals surface area contributed by atoms with Crippen LogP contribution in [0.3, 0.4) is 0 Å². The molecule has 4 nitrogen and oxygen atoms in total. The van der Waals surface area contributed by atoms with Gasteiger partial charge in [0.25, 0.3) is 0 Å². The molecular weight excluding hydrogens is 146 g/mol. The Kier molecular flexibility index (Phi) is 3.96. The zero-order valence-electron chi connectivity index (χ0n) is 7.36. The fourth-order valence-electron chi connectivity index (χ4n) is 0.950. The highest BCUT2D eigenvalue weighted by Gasteiger charge is 2.17. The minimum atomic E-state index is -1.41. The van der Waals surface area contributed by atoms with E-state index in [-0.39, 0.29) is 6.42 Å². The summed E-state index contributed by atoms with van der Waals surface area (Å²) in [4.78, 5) is 0. The summed E-state index contributed by atoms with van der Waals surface area (Å²) in [5, 5.41) is 26.2. The van der Waals surface area contributed by atoms with Gasteiger partial charge in [-0.2, -0.15) is 0 Å². The van der Waals surface area contributed by atoms with Crippen molar-refractivity contribution < 1.29 is 19.8 Å². The van der Waals surface area contributed by atoms with Gasteiger partial charge in [0.05, 0.1) is 21.1 Å². The Morgan fingerprint density at radius 3 is 1.82 bits per heavy atom. The average molecular weight is 164 g/mol. The van der Waals surface area contributed by atoms with E-state index in [0.29, 0.717) is 11.0 Å². The molecule has 0 bridgehead atoms. The van der Waals surface area contributed by atoms with E-state index < -0.39 is 12.4 Å². The van der Waals surface area contributed by atoms with E-state index in [0.717, 1.165) is 0 Å². The van der Waals surface area contributed by atoms with Crippen LogP contribution in [0.2, 0.25) is 0 Å². The Bertz CT molecular complexity index is 109. The maximum Gasteiger partial charge on any atom is 0.154 e. The number of hydrogen-bond donors (Lipinski definition) is 3. The topological polar surface area (TPSA) is 60.7 Å². The Labute approximate surface area is 67.3 Å². The normalized spacial score (nSPS) is 15.5. The van der Waals surface area contributed by atoms with Crippen molar-refractivity contribution in [1.82, 2.24) is 0 Å². The maximum atomic E-state index is 9.22. The van der Waals surface area contributed by atoms with Crippen LogP contribution < -0.4 is 0 Å². The maximum absolute atomic E-state index is 9.22. The monoisotopic (exact) mass is 164 g/mol. The van der Waals surface area contributed by atoms with Crippen molar-refractivity contribution in [3.05, 3.63) is 0 Å². The fraction of sp³-hybridized carbons (Fsp3) is 1.00. The van der Waals surface area contributed by atoms with Crippen molar-refractivity contribution >= 4 is 0 Å². The van der Waals surface area contributed by atoms with Crippen LogP contribution in [0.1, 0.15) is 6.42 Å². The average Bonchev–Trinajstić information content (AvgIpc) is 1.53. The molecule has 0 amide bonds. The molecule has 11 heavy (non-hydrogen) atoms. The van der Waals surface area contributed by atoms with E-state index in [1.54, 1.807) is 0 Å². The second kappa shape index (κ2) is 4.01. The summed E-state index contributed by atoms with van der Waals surface area (Å²) in [6.45, 7) is 0.525. The molecule has 4 heteroatoms. The standard InChI is InChI=1S/C7H18NO3/c1-8(2,3)5-6(9)4-7(10)11/h6-7,9-11H,4-5H2,1-3H3/q+1/t6-/m1/s1. The molecule has 0 aromatic carbocycles. The van der Waals surface area contributed by atoms with Crippen LogP contribution in [-0.4, -0.2) is 59.9 Å². The molecule has 0 rings (SSSR count). The smallest absolute Gasteiger partial charge is 0.154 e. The van der Waals surface area contributed by atoms with Crippen molar-refractivity contribution in [2.75, 3.05) is 27.7 Å². The van der Waals surface area contributed by atoms with Crippen LogP contribution in [0.25, 0.3) is 0 Å². The third kappa shape index (κ3) is 7.74. The van der Waals surface area contributed by atoms with Crippen LogP contribution in [0.15, 0.2) is 0 Å². The predicted molar refractivity (Wildman–Crippen MR) is 41.7 cm³/mol. The molecule has 0 saturated heterocycles. The second-order valence-electron chi connectivity index (χ2n) is 3.84. The lowest BCUT2D eigenvalue weighted by atomic mass is 10.2. The lowest BCUT2D eigenvalue weighted by Crippen LogP contribution is -2.42. The van der Waals surface area contributed by atoms with Crippen molar-refractivity contribution in [3.8, 4) is 0 Å². The zero-order valence-corrected chi connectivity index (χ0v) is 7.36. The van der Waals surface area contributed by atoms with Crippen LogP contribution >= 0.6 is 0 Å². The van der Waals surface area contributed by atoms with E-state index in [9.17, 15) is 5.11 Å². The predicted octanol–water partition coefficient (Wildman–Crippen LogP) is -1.25. The summed E-state index contributed by atoms with van der Waals surface area (Å²) >= 11 is 0. The first kappa shape index (κ1) is 10.8. The van der Waals surface area contributed by atoms with Crippen molar-refractivity contribution in [2.45, 2.75) is 18.8 Å². The number of likely N-dealkylation sites (N-methyl/N-ethyl adjacent to an activating group) is 1. The molecule has 0 aliphatic rings. The van der Waals surface area contributed by atoms with Gasteiger partial charge in [-0.05, 0) is 0 Å². The Morgan fingerprint density at radius 1 is 1.09 bits per heavy atom. The first-order valence-corrected chi connectivity index (χ1v) is 3.66. The SMILES string of the molecule is C[N+](C)(C)C[C@H](O)CC(O)O. The highest BCUT2D eigenvalue weighted by atomic mass is 16.5. The number of hydrogen-bond acceptors (Lipinski definition) is 3. The number of aliphatic hydroxyl groups is 3. The molecule has 1 atom stereocenters. The molecule has 0 aliphatic heterocycles. The van der Waals surface area contributed by atoms with E-state index in [1.165, 1.54) is 0 Å². The van der Waals surface area contributed by atoms with Gasteiger partial charge in [0, 0.05) is 6.42 Å². The minimum Gasteiger partial charge on any atom is -0.387 e. The zero-order chi connectivity index (χ0) is 9.07. The number of aliphatic hydroxyl groups excluding tert-OH is 2. The molecule has 0 saturated carbocycles. The van der Waals surface area contributed by atoms with E-state index in [1.807, 2.05) is 21.1 Å². The van der Waals surface area contributed by atoms with Gasteiger partial charge in [0.1, 0.15) is 12.6 Å². The third-order valence-electron chi connectivity index (χ3n) is 1.24. The van der Waals surface area contributed by atoms with Gasteiger partial charge in [-0.25, -0.2) is 0 Å². The molecule has 0 aliphatic carbocycles. The minimum absolute atomic E-state index is 0.0233. The molecule has 0 radical (unpaired) electrons. The first-order chi connectivity index (χ1) is 4.81. The molecular formula is C7H18NO3+. The van der Waals surface area contributed by atoms with Crippen LogP contribution in [0.5, 0.6) is 0 Å². The summed E-state index contributed by atoms with van der Waals surface area (Å²) in [7, 11) is 5.81. The molecule has 0 unspecified atom stereocenters. The lowest BCUT2D eigenvalue weighted by molar-refractivity contribution is -0.873. The second-order valence-corrected chi connectivity index (χ2v) is 3.84.